The first kappa shape index (κ1) is 19.4. The van der Waals surface area contributed by atoms with E-state index in [2.05, 4.69) is 26.0 Å². The average Bonchev–Trinajstić information content (AvgIpc) is 2.53. The van der Waals surface area contributed by atoms with E-state index in [1.54, 1.807) is 32.1 Å². The van der Waals surface area contributed by atoms with E-state index in [9.17, 15) is 13.2 Å². The SMILES string of the molecule is CC(C)NS(=O)(=O)c1ccc(NC(=O)/C=C/c2ccccc2Br)cc1. The van der Waals surface area contributed by atoms with Crippen LogP contribution in [0.25, 0.3) is 6.08 Å². The highest BCUT2D eigenvalue weighted by molar-refractivity contribution is 9.10. The zero-order valence-electron chi connectivity index (χ0n) is 13.9. The van der Waals surface area contributed by atoms with Gasteiger partial charge in [0.25, 0.3) is 0 Å². The van der Waals surface area contributed by atoms with Gasteiger partial charge in [-0.25, -0.2) is 13.1 Å². The number of nitrogens with one attached hydrogen (secondary N) is 2. The number of carbonyl (C=O) groups excluding carboxylic acids is 1. The van der Waals surface area contributed by atoms with Gasteiger partial charge in [0.2, 0.25) is 15.9 Å². The Bertz CT molecular complexity index is 875. The summed E-state index contributed by atoms with van der Waals surface area (Å²) in [5.41, 5.74) is 1.41. The molecule has 0 bridgehead atoms. The van der Waals surface area contributed by atoms with Crippen LogP contribution in [0.15, 0.2) is 64.0 Å². The van der Waals surface area contributed by atoms with E-state index in [1.807, 2.05) is 24.3 Å². The summed E-state index contributed by atoms with van der Waals surface area (Å²) >= 11 is 3.41. The molecular formula is C18H19BrN2O3S. The lowest BCUT2D eigenvalue weighted by atomic mass is 10.2. The molecule has 0 radical (unpaired) electrons. The number of hydrogen-bond donors (Lipinski definition) is 2. The number of carbonyl (C=O) groups is 1. The summed E-state index contributed by atoms with van der Waals surface area (Å²) in [6, 6.07) is 13.4. The normalized spacial score (nSPS) is 11.8. The fraction of sp³-hybridized carbons (Fsp3) is 0.167. The summed E-state index contributed by atoms with van der Waals surface area (Å²) in [5.74, 6) is -0.299. The van der Waals surface area contributed by atoms with Crippen LogP contribution in [-0.4, -0.2) is 20.4 Å². The second-order valence-electron chi connectivity index (χ2n) is 5.64. The van der Waals surface area contributed by atoms with Crippen LogP contribution < -0.4 is 10.0 Å². The topological polar surface area (TPSA) is 75.3 Å². The Labute approximate surface area is 156 Å². The van der Waals surface area contributed by atoms with Gasteiger partial charge in [-0.3, -0.25) is 4.79 Å². The van der Waals surface area contributed by atoms with Gasteiger partial charge in [0, 0.05) is 22.3 Å². The van der Waals surface area contributed by atoms with Crippen LogP contribution in [0.1, 0.15) is 19.4 Å². The van der Waals surface area contributed by atoms with E-state index >= 15 is 0 Å². The molecule has 0 aliphatic carbocycles. The number of amides is 1. The smallest absolute Gasteiger partial charge is 0.248 e. The average molecular weight is 423 g/mol. The molecule has 0 aliphatic rings. The lowest BCUT2D eigenvalue weighted by molar-refractivity contribution is -0.111. The number of sulfonamides is 1. The maximum atomic E-state index is 12.1. The molecule has 0 aliphatic heterocycles. The summed E-state index contributed by atoms with van der Waals surface area (Å²) in [6.07, 6.45) is 3.12. The zero-order chi connectivity index (χ0) is 18.4. The van der Waals surface area contributed by atoms with Gasteiger partial charge in [0.1, 0.15) is 0 Å². The van der Waals surface area contributed by atoms with Crippen LogP contribution in [-0.2, 0) is 14.8 Å². The van der Waals surface area contributed by atoms with Crippen LogP contribution in [0, 0.1) is 0 Å². The molecule has 2 N–H and O–H groups in total. The number of hydrogen-bond acceptors (Lipinski definition) is 3. The molecule has 0 saturated heterocycles. The summed E-state index contributed by atoms with van der Waals surface area (Å²) < 4.78 is 27.5. The predicted octanol–water partition coefficient (Wildman–Crippen LogP) is 3.79. The molecule has 0 atom stereocenters. The summed E-state index contributed by atoms with van der Waals surface area (Å²) in [7, 11) is -3.54. The van der Waals surface area contributed by atoms with Crippen molar-refractivity contribution in [2.75, 3.05) is 5.32 Å². The second-order valence-corrected chi connectivity index (χ2v) is 8.21. The molecule has 132 valence electrons. The molecule has 0 heterocycles. The largest absolute Gasteiger partial charge is 0.323 e. The molecule has 0 aromatic heterocycles. The Morgan fingerprint density at radius 3 is 2.32 bits per heavy atom. The molecule has 7 heteroatoms. The quantitative estimate of drug-likeness (QED) is 0.695. The van der Waals surface area contributed by atoms with Crippen molar-refractivity contribution in [3.05, 3.63) is 64.6 Å². The number of benzene rings is 2. The van der Waals surface area contributed by atoms with Gasteiger partial charge in [-0.15, -0.1) is 0 Å². The standard InChI is InChI=1S/C18H19BrN2O3S/c1-13(2)21-25(23,24)16-10-8-15(9-11-16)20-18(22)12-7-14-5-3-4-6-17(14)19/h3-13,21H,1-2H3,(H,20,22)/b12-7+. The predicted molar refractivity (Wildman–Crippen MR) is 104 cm³/mol. The van der Waals surface area contributed by atoms with Crippen molar-refractivity contribution in [2.24, 2.45) is 0 Å². The number of anilines is 1. The highest BCUT2D eigenvalue weighted by atomic mass is 79.9. The Morgan fingerprint density at radius 1 is 1.08 bits per heavy atom. The third-order valence-corrected chi connectivity index (χ3v) is 5.54. The van der Waals surface area contributed by atoms with Crippen LogP contribution in [0.2, 0.25) is 0 Å². The fourth-order valence-electron chi connectivity index (χ4n) is 2.06. The van der Waals surface area contributed by atoms with E-state index in [-0.39, 0.29) is 16.8 Å². The van der Waals surface area contributed by atoms with E-state index in [4.69, 9.17) is 0 Å². The molecule has 25 heavy (non-hydrogen) atoms. The van der Waals surface area contributed by atoms with Crippen molar-refractivity contribution in [1.82, 2.24) is 4.72 Å². The Balaban J connectivity index is 2.04. The maximum absolute atomic E-state index is 12.1. The van der Waals surface area contributed by atoms with Gasteiger partial charge in [-0.1, -0.05) is 34.1 Å². The Morgan fingerprint density at radius 2 is 1.72 bits per heavy atom. The zero-order valence-corrected chi connectivity index (χ0v) is 16.3. The van der Waals surface area contributed by atoms with Gasteiger partial charge in [0.15, 0.2) is 0 Å². The van der Waals surface area contributed by atoms with Crippen LogP contribution in [0.3, 0.4) is 0 Å². The Hall–Kier alpha value is -1.96. The van der Waals surface area contributed by atoms with Crippen molar-refractivity contribution in [1.29, 1.82) is 0 Å². The van der Waals surface area contributed by atoms with Crippen LogP contribution in [0.5, 0.6) is 0 Å². The first-order valence-corrected chi connectivity index (χ1v) is 9.91. The lowest BCUT2D eigenvalue weighted by Gasteiger charge is -2.10. The molecule has 1 amide bonds. The third kappa shape index (κ3) is 5.81. The van der Waals surface area contributed by atoms with Gasteiger partial charge >= 0.3 is 0 Å². The minimum Gasteiger partial charge on any atom is -0.323 e. The van der Waals surface area contributed by atoms with E-state index in [0.29, 0.717) is 5.69 Å². The highest BCUT2D eigenvalue weighted by Gasteiger charge is 2.14. The second kappa shape index (κ2) is 8.42. The van der Waals surface area contributed by atoms with Crippen molar-refractivity contribution < 1.29 is 13.2 Å². The van der Waals surface area contributed by atoms with Crippen LogP contribution in [0.4, 0.5) is 5.69 Å². The molecule has 0 saturated carbocycles. The van der Waals surface area contributed by atoms with Gasteiger partial charge in [-0.05, 0) is 55.8 Å². The molecule has 0 fully saturated rings. The van der Waals surface area contributed by atoms with Gasteiger partial charge < -0.3 is 5.32 Å². The maximum Gasteiger partial charge on any atom is 0.248 e. The minimum atomic E-state index is -3.54. The van der Waals surface area contributed by atoms with Crippen molar-refractivity contribution in [3.8, 4) is 0 Å². The molecule has 2 rings (SSSR count). The van der Waals surface area contributed by atoms with Gasteiger partial charge in [-0.2, -0.15) is 0 Å². The van der Waals surface area contributed by atoms with Crippen LogP contribution >= 0.6 is 15.9 Å². The lowest BCUT2D eigenvalue weighted by Crippen LogP contribution is -2.30. The fourth-order valence-corrected chi connectivity index (χ4v) is 3.72. The first-order valence-electron chi connectivity index (χ1n) is 7.64. The molecule has 2 aromatic rings. The molecular weight excluding hydrogens is 404 g/mol. The third-order valence-electron chi connectivity index (χ3n) is 3.14. The van der Waals surface area contributed by atoms with E-state index in [0.717, 1.165) is 10.0 Å². The van der Waals surface area contributed by atoms with E-state index < -0.39 is 10.0 Å². The molecule has 0 spiro atoms. The molecule has 2 aromatic carbocycles. The van der Waals surface area contributed by atoms with E-state index in [1.165, 1.54) is 18.2 Å². The molecule has 5 nitrogen and oxygen atoms in total. The van der Waals surface area contributed by atoms with Gasteiger partial charge in [0.05, 0.1) is 4.90 Å². The van der Waals surface area contributed by atoms with Crippen molar-refractivity contribution in [2.45, 2.75) is 24.8 Å². The highest BCUT2D eigenvalue weighted by Crippen LogP contribution is 2.18. The molecule has 0 unspecified atom stereocenters. The first-order chi connectivity index (χ1) is 11.8. The summed E-state index contributed by atoms with van der Waals surface area (Å²) in [6.45, 7) is 3.51. The number of halogens is 1. The van der Waals surface area contributed by atoms with Crippen molar-refractivity contribution >= 4 is 43.6 Å². The summed E-state index contributed by atoms with van der Waals surface area (Å²) in [4.78, 5) is 12.1. The monoisotopic (exact) mass is 422 g/mol. The summed E-state index contributed by atoms with van der Waals surface area (Å²) in [5, 5.41) is 2.69. The van der Waals surface area contributed by atoms with Crippen molar-refractivity contribution in [3.63, 3.8) is 0 Å². The Kier molecular flexibility index (Phi) is 6.52. The number of rotatable bonds is 6. The minimum absolute atomic E-state index is 0.156.